The van der Waals surface area contributed by atoms with Gasteiger partial charge in [-0.3, -0.25) is 0 Å². The van der Waals surface area contributed by atoms with Crippen LogP contribution >= 0.6 is 23.2 Å². The smallest absolute Gasteiger partial charge is 0.274 e. The third-order valence-corrected chi connectivity index (χ3v) is 6.54. The Morgan fingerprint density at radius 3 is 1.51 bits per heavy atom. The van der Waals surface area contributed by atoms with Crippen LogP contribution < -0.4 is 0 Å². The Bertz CT molecular complexity index is 1120. The van der Waals surface area contributed by atoms with Gasteiger partial charge in [0.1, 0.15) is 20.5 Å². The van der Waals surface area contributed by atoms with Gasteiger partial charge in [-0.15, -0.1) is 0 Å². The zero-order valence-electron chi connectivity index (χ0n) is 20.8. The number of hydrogen-bond acceptors (Lipinski definition) is 7. The highest BCUT2D eigenvalue weighted by molar-refractivity contribution is 6.29. The molecule has 4 rings (SSSR count). The lowest BCUT2D eigenvalue weighted by Gasteiger charge is -2.22. The van der Waals surface area contributed by atoms with E-state index < -0.39 is 10.1 Å². The molecule has 0 spiro atoms. The molecule has 0 N–H and O–H groups in total. The van der Waals surface area contributed by atoms with Gasteiger partial charge < -0.3 is 24.3 Å². The fourth-order valence-corrected chi connectivity index (χ4v) is 4.52. The molecule has 2 aliphatic heterocycles. The summed E-state index contributed by atoms with van der Waals surface area (Å²) >= 11 is 11.7. The molecule has 0 aliphatic carbocycles. The van der Waals surface area contributed by atoms with E-state index in [-0.39, 0.29) is 11.9 Å². The van der Waals surface area contributed by atoms with E-state index in [9.17, 15) is 20.2 Å². The molecule has 15 nitrogen and oxygen atoms in total. The molecule has 0 saturated carbocycles. The third-order valence-electron chi connectivity index (χ3n) is 6.09. The number of aromatic nitrogens is 2. The van der Waals surface area contributed by atoms with Crippen molar-refractivity contribution in [3.8, 4) is 0 Å². The Hall–Kier alpha value is -3.82. The van der Waals surface area contributed by atoms with Crippen molar-refractivity contribution in [2.45, 2.75) is 13.1 Å². The van der Waals surface area contributed by atoms with Gasteiger partial charge in [0.25, 0.3) is 11.9 Å². The quantitative estimate of drug-likeness (QED) is 0.156. The maximum atomic E-state index is 11.2. The summed E-state index contributed by atoms with van der Waals surface area (Å²) in [6.07, 6.45) is 3.25. The van der Waals surface area contributed by atoms with Crippen molar-refractivity contribution in [3.05, 3.63) is 78.3 Å². The van der Waals surface area contributed by atoms with Gasteiger partial charge in [0.05, 0.1) is 13.2 Å². The molecule has 2 fully saturated rings. The van der Waals surface area contributed by atoms with Crippen molar-refractivity contribution >= 4 is 35.1 Å². The summed E-state index contributed by atoms with van der Waals surface area (Å²) in [5.74, 6) is 0.511. The number of guanidine groups is 2. The van der Waals surface area contributed by atoms with Gasteiger partial charge in [0, 0.05) is 64.8 Å². The number of rotatable bonds is 12. The third kappa shape index (κ3) is 8.08. The minimum Gasteiger partial charge on any atom is -0.378 e. The number of halogens is 2. The van der Waals surface area contributed by atoms with Crippen LogP contribution in [0.15, 0.2) is 46.9 Å². The fraction of sp³-hybridized carbons (Fsp3) is 0.455. The number of hydrazone groups is 2. The van der Waals surface area contributed by atoms with Gasteiger partial charge in [0.15, 0.2) is 10.1 Å². The topological polar surface area (TPSA) is 159 Å². The molecule has 0 unspecified atom stereocenters. The zero-order valence-corrected chi connectivity index (χ0v) is 22.3. The Morgan fingerprint density at radius 1 is 0.744 bits per heavy atom. The molecule has 0 bridgehead atoms. The molecule has 2 aromatic rings. The number of nitro groups is 2. The highest BCUT2D eigenvalue weighted by atomic mass is 35.5. The van der Waals surface area contributed by atoms with E-state index in [1.54, 1.807) is 34.3 Å². The summed E-state index contributed by atoms with van der Waals surface area (Å²) in [4.78, 5) is 37.6. The molecule has 39 heavy (non-hydrogen) atoms. The normalized spacial score (nSPS) is 17.6. The number of pyridine rings is 2. The van der Waals surface area contributed by atoms with Crippen LogP contribution in [-0.4, -0.2) is 104 Å². The molecule has 2 aromatic heterocycles. The van der Waals surface area contributed by atoms with Crippen molar-refractivity contribution in [3.63, 3.8) is 0 Å². The monoisotopic (exact) mass is 580 g/mol. The molecule has 0 radical (unpaired) electrons. The molecule has 2 saturated heterocycles. The highest BCUT2D eigenvalue weighted by Crippen LogP contribution is 2.16. The molecule has 2 aliphatic rings. The first-order chi connectivity index (χ1) is 18.8. The van der Waals surface area contributed by atoms with E-state index in [4.69, 9.17) is 27.9 Å². The second-order valence-corrected chi connectivity index (χ2v) is 9.46. The maximum Gasteiger partial charge on any atom is 0.274 e. The lowest BCUT2D eigenvalue weighted by molar-refractivity contribution is -0.486. The second-order valence-electron chi connectivity index (χ2n) is 8.68. The van der Waals surface area contributed by atoms with Gasteiger partial charge in [-0.05, 0) is 23.3 Å². The average Bonchev–Trinajstić information content (AvgIpc) is 3.44. The van der Waals surface area contributed by atoms with E-state index >= 15 is 0 Å². The number of ether oxygens (including phenoxy) is 1. The Morgan fingerprint density at radius 2 is 1.15 bits per heavy atom. The van der Waals surface area contributed by atoms with Gasteiger partial charge in [-0.2, -0.15) is 0 Å². The van der Waals surface area contributed by atoms with Crippen LogP contribution in [-0.2, 0) is 17.8 Å². The maximum absolute atomic E-state index is 11.2. The van der Waals surface area contributed by atoms with E-state index in [2.05, 4.69) is 20.2 Å². The molecule has 0 amide bonds. The zero-order chi connectivity index (χ0) is 27.8. The van der Waals surface area contributed by atoms with Crippen LogP contribution in [0.3, 0.4) is 0 Å². The molecule has 4 heterocycles. The van der Waals surface area contributed by atoms with Crippen molar-refractivity contribution in [1.82, 2.24) is 29.6 Å². The summed E-state index contributed by atoms with van der Waals surface area (Å²) in [5.41, 5.74) is 1.71. The van der Waals surface area contributed by atoms with Crippen molar-refractivity contribution in [2.24, 2.45) is 10.2 Å². The van der Waals surface area contributed by atoms with Crippen LogP contribution in [0, 0.1) is 20.2 Å². The molecular weight excluding hydrogens is 555 g/mol. The molecule has 0 aromatic carbocycles. The van der Waals surface area contributed by atoms with Gasteiger partial charge in [-0.25, -0.2) is 30.2 Å². The standard InChI is InChI=1S/C22H26Cl2N10O5/c23-19-3-1-17(13-25-19)15-31-7-5-29(21(31)27-33(35)36)9-11-39-12-10-30-6-8-32(22(30)28-34(37)38)16-18-2-4-20(24)26-14-18/h1-4,13-14H,5-12,15-16H2/b27-21-,28-22-. The minimum absolute atomic E-state index is 0.255. The van der Waals surface area contributed by atoms with Gasteiger partial charge in [0.2, 0.25) is 0 Å². The van der Waals surface area contributed by atoms with Crippen molar-refractivity contribution in [1.29, 1.82) is 0 Å². The number of hydrogen-bond donors (Lipinski definition) is 0. The van der Waals surface area contributed by atoms with Crippen LogP contribution in [0.25, 0.3) is 0 Å². The van der Waals surface area contributed by atoms with E-state index in [0.717, 1.165) is 11.1 Å². The lowest BCUT2D eigenvalue weighted by atomic mass is 10.3. The molecule has 17 heteroatoms. The summed E-state index contributed by atoms with van der Waals surface area (Å²) in [7, 11) is 0. The van der Waals surface area contributed by atoms with Gasteiger partial charge >= 0.3 is 0 Å². The van der Waals surface area contributed by atoms with Gasteiger partial charge in [-0.1, -0.05) is 35.3 Å². The van der Waals surface area contributed by atoms with E-state index in [1.807, 2.05) is 21.9 Å². The Labute approximate surface area is 233 Å². The first-order valence-corrected chi connectivity index (χ1v) is 12.8. The highest BCUT2D eigenvalue weighted by Gasteiger charge is 2.31. The predicted molar refractivity (Wildman–Crippen MR) is 142 cm³/mol. The Kier molecular flexibility index (Phi) is 9.62. The lowest BCUT2D eigenvalue weighted by Crippen LogP contribution is -2.37. The number of nitrogens with zero attached hydrogens (tertiary/aromatic N) is 10. The fourth-order valence-electron chi connectivity index (χ4n) is 4.30. The van der Waals surface area contributed by atoms with Crippen LogP contribution in [0.1, 0.15) is 11.1 Å². The summed E-state index contributed by atoms with van der Waals surface area (Å²) in [6.45, 7) is 4.42. The second kappa shape index (κ2) is 13.3. The summed E-state index contributed by atoms with van der Waals surface area (Å²) in [6, 6.07) is 6.96. The largest absolute Gasteiger partial charge is 0.378 e. The van der Waals surface area contributed by atoms with Crippen LogP contribution in [0.4, 0.5) is 0 Å². The molecule has 208 valence electrons. The Balaban J connectivity index is 1.26. The van der Waals surface area contributed by atoms with Crippen LogP contribution in [0.5, 0.6) is 0 Å². The first kappa shape index (κ1) is 28.2. The SMILES string of the molecule is O=[N+]([O-])/N=C1/N(CCOCCN2CCN(Cc3ccc(Cl)nc3)/C2=N\[N+](=O)[O-])CCN1Cc1ccc(Cl)nc1. The minimum atomic E-state index is -0.711. The van der Waals surface area contributed by atoms with Crippen molar-refractivity contribution in [2.75, 3.05) is 52.5 Å². The van der Waals surface area contributed by atoms with Crippen LogP contribution in [0.2, 0.25) is 10.3 Å². The van der Waals surface area contributed by atoms with E-state index in [0.29, 0.717) is 75.9 Å². The van der Waals surface area contributed by atoms with Crippen molar-refractivity contribution < 1.29 is 14.8 Å². The first-order valence-electron chi connectivity index (χ1n) is 12.0. The molecular formula is C22H26Cl2N10O5. The average molecular weight is 581 g/mol. The summed E-state index contributed by atoms with van der Waals surface area (Å²) in [5, 5.41) is 28.8. The molecule has 0 atom stereocenters. The summed E-state index contributed by atoms with van der Waals surface area (Å²) < 4.78 is 5.78. The van der Waals surface area contributed by atoms with E-state index in [1.165, 1.54) is 0 Å². The predicted octanol–water partition coefficient (Wildman–Crippen LogP) is 1.83.